The van der Waals surface area contributed by atoms with Crippen LogP contribution in [0.2, 0.25) is 0 Å². The maximum Gasteiger partial charge on any atom is 0.242 e. The molecule has 1 fully saturated rings. The number of hydrogen-bond donors (Lipinski definition) is 2. The van der Waals surface area contributed by atoms with E-state index in [0.717, 1.165) is 18.6 Å². The Morgan fingerprint density at radius 1 is 1.36 bits per heavy atom. The molecule has 0 amide bonds. The van der Waals surface area contributed by atoms with Crippen molar-refractivity contribution in [2.24, 2.45) is 0 Å². The number of H-pyrrole nitrogens is 1. The molecule has 1 atom stereocenters. The van der Waals surface area contributed by atoms with Crippen LogP contribution in [0.1, 0.15) is 35.7 Å². The fourth-order valence-electron chi connectivity index (χ4n) is 3.52. The number of rotatable bonds is 9. The zero-order chi connectivity index (χ0) is 23.6. The molecule has 1 aliphatic heterocycles. The molecule has 4 rings (SSSR count). The number of halogens is 2. The summed E-state index contributed by atoms with van der Waals surface area (Å²) in [5.41, 5.74) is -0.480. The summed E-state index contributed by atoms with van der Waals surface area (Å²) in [6.45, 7) is 2.69. The van der Waals surface area contributed by atoms with E-state index in [1.54, 1.807) is 13.0 Å². The second-order valence-electron chi connectivity index (χ2n) is 7.68. The van der Waals surface area contributed by atoms with Crippen LogP contribution in [0.15, 0.2) is 24.4 Å². The van der Waals surface area contributed by atoms with Gasteiger partial charge in [-0.2, -0.15) is 0 Å². The lowest BCUT2D eigenvalue weighted by atomic mass is 10.0. The van der Waals surface area contributed by atoms with Crippen LogP contribution in [0.25, 0.3) is 11.0 Å². The lowest BCUT2D eigenvalue weighted by molar-refractivity contribution is 0.0985. The van der Waals surface area contributed by atoms with E-state index in [0.29, 0.717) is 42.1 Å². The largest absolute Gasteiger partial charge is 0.470 e. The highest BCUT2D eigenvalue weighted by Gasteiger charge is 2.24. The maximum absolute atomic E-state index is 14.9. The van der Waals surface area contributed by atoms with E-state index in [4.69, 9.17) is 9.47 Å². The molecule has 1 aliphatic rings. The van der Waals surface area contributed by atoms with E-state index in [-0.39, 0.29) is 18.3 Å². The van der Waals surface area contributed by atoms with Gasteiger partial charge in [0.2, 0.25) is 15.9 Å². The van der Waals surface area contributed by atoms with Crippen molar-refractivity contribution in [2.45, 2.75) is 32.3 Å². The van der Waals surface area contributed by atoms with E-state index >= 15 is 0 Å². The van der Waals surface area contributed by atoms with Gasteiger partial charge in [-0.3, -0.25) is 14.6 Å². The van der Waals surface area contributed by atoms with Crippen molar-refractivity contribution in [3.05, 3.63) is 47.2 Å². The van der Waals surface area contributed by atoms with E-state index in [9.17, 15) is 22.0 Å². The third-order valence-electron chi connectivity index (χ3n) is 5.08. The van der Waals surface area contributed by atoms with Gasteiger partial charge in [-0.05, 0) is 30.2 Å². The number of nitrogens with one attached hydrogen (secondary N) is 2. The van der Waals surface area contributed by atoms with E-state index in [1.165, 1.54) is 6.20 Å². The number of carbonyl (C=O) groups excluding carboxylic acids is 1. The summed E-state index contributed by atoms with van der Waals surface area (Å²) in [6, 6.07) is 3.41. The molecule has 0 radical (unpaired) electrons. The fraction of sp³-hybridized carbons (Fsp3) is 0.381. The zero-order valence-corrected chi connectivity index (χ0v) is 18.5. The number of aromatic nitrogens is 3. The molecule has 176 valence electrons. The van der Waals surface area contributed by atoms with Gasteiger partial charge < -0.3 is 9.47 Å². The van der Waals surface area contributed by atoms with Crippen molar-refractivity contribution in [1.82, 2.24) is 15.2 Å². The molecule has 1 aromatic carbocycles. The number of hydrogen-bond acceptors (Lipinski definition) is 7. The Kier molecular flexibility index (Phi) is 6.56. The number of nitrogens with zero attached hydrogens (tertiary/aromatic N) is 2. The summed E-state index contributed by atoms with van der Waals surface area (Å²) in [6.07, 6.45) is 1.91. The quantitative estimate of drug-likeness (QED) is 0.451. The topological polar surface area (TPSA) is 123 Å². The minimum atomic E-state index is -3.82. The molecular formula is C21H22F2N4O5S. The molecule has 0 bridgehead atoms. The number of ether oxygens (including phenoxy) is 2. The molecule has 1 unspecified atom stereocenters. The summed E-state index contributed by atoms with van der Waals surface area (Å²) >= 11 is 0. The van der Waals surface area contributed by atoms with Crippen LogP contribution >= 0.6 is 0 Å². The van der Waals surface area contributed by atoms with E-state index in [2.05, 4.69) is 19.9 Å². The predicted octanol–water partition coefficient (Wildman–Crippen LogP) is 2.98. The van der Waals surface area contributed by atoms with Gasteiger partial charge in [-0.25, -0.2) is 22.2 Å². The van der Waals surface area contributed by atoms with Gasteiger partial charge in [0.1, 0.15) is 11.9 Å². The maximum atomic E-state index is 14.9. The first-order valence-corrected chi connectivity index (χ1v) is 12.0. The Bertz CT molecular complexity index is 1290. The van der Waals surface area contributed by atoms with Crippen molar-refractivity contribution in [2.75, 3.05) is 23.7 Å². The number of sulfonamides is 1. The Hall–Kier alpha value is -3.12. The van der Waals surface area contributed by atoms with Gasteiger partial charge in [0, 0.05) is 19.0 Å². The second kappa shape index (κ2) is 9.40. The molecule has 3 heterocycles. The Balaban J connectivity index is 1.58. The van der Waals surface area contributed by atoms with Gasteiger partial charge in [0.25, 0.3) is 0 Å². The van der Waals surface area contributed by atoms with Crippen LogP contribution in [0.5, 0.6) is 5.88 Å². The molecule has 2 aromatic heterocycles. The summed E-state index contributed by atoms with van der Waals surface area (Å²) < 4.78 is 66.4. The van der Waals surface area contributed by atoms with Crippen molar-refractivity contribution in [1.29, 1.82) is 0 Å². The van der Waals surface area contributed by atoms with Crippen molar-refractivity contribution < 1.29 is 31.5 Å². The molecule has 0 saturated carbocycles. The molecule has 0 spiro atoms. The molecule has 12 heteroatoms. The number of carbonyl (C=O) groups is 1. The SMILES string of the molecule is CCCS(=O)(=O)Nc1ccc(F)c(C(=O)Cc2cnc3[nH]nc(OC4CCOC4)c3c2)c1F. The first-order valence-electron chi connectivity index (χ1n) is 10.4. The number of Topliss-reactive ketones (excluding diaryl/α,β-unsaturated/α-hetero) is 1. The van der Waals surface area contributed by atoms with E-state index < -0.39 is 38.7 Å². The molecule has 33 heavy (non-hydrogen) atoms. The number of ketones is 1. The average molecular weight is 480 g/mol. The summed E-state index contributed by atoms with van der Waals surface area (Å²) in [4.78, 5) is 17.0. The van der Waals surface area contributed by atoms with E-state index in [1.807, 2.05) is 0 Å². The van der Waals surface area contributed by atoms with Crippen LogP contribution in [-0.4, -0.2) is 54.5 Å². The third kappa shape index (κ3) is 5.11. The number of pyridine rings is 1. The summed E-state index contributed by atoms with van der Waals surface area (Å²) in [7, 11) is -3.82. The molecule has 1 saturated heterocycles. The minimum Gasteiger partial charge on any atom is -0.470 e. The first-order chi connectivity index (χ1) is 15.8. The molecule has 3 aromatic rings. The van der Waals surface area contributed by atoms with Crippen molar-refractivity contribution in [3.63, 3.8) is 0 Å². The van der Waals surface area contributed by atoms with Gasteiger partial charge in [0.05, 0.1) is 35.6 Å². The fourth-order valence-corrected chi connectivity index (χ4v) is 4.65. The number of anilines is 1. The molecule has 0 aliphatic carbocycles. The van der Waals surface area contributed by atoms with Crippen LogP contribution in [0.4, 0.5) is 14.5 Å². The monoisotopic (exact) mass is 480 g/mol. The predicted molar refractivity (Wildman–Crippen MR) is 116 cm³/mol. The Labute approximate surface area is 188 Å². The molecule has 9 nitrogen and oxygen atoms in total. The van der Waals surface area contributed by atoms with Crippen LogP contribution in [0, 0.1) is 11.6 Å². The average Bonchev–Trinajstić information content (AvgIpc) is 3.41. The van der Waals surface area contributed by atoms with Crippen molar-refractivity contribution in [3.8, 4) is 5.88 Å². The van der Waals surface area contributed by atoms with Crippen LogP contribution in [-0.2, 0) is 21.2 Å². The summed E-state index contributed by atoms with van der Waals surface area (Å²) in [5, 5.41) is 7.35. The minimum absolute atomic E-state index is 0.149. The zero-order valence-electron chi connectivity index (χ0n) is 17.7. The lowest BCUT2D eigenvalue weighted by Crippen LogP contribution is -2.19. The molecular weight excluding hydrogens is 458 g/mol. The van der Waals surface area contributed by atoms with Crippen LogP contribution < -0.4 is 9.46 Å². The van der Waals surface area contributed by atoms with Crippen molar-refractivity contribution >= 4 is 32.5 Å². The highest BCUT2D eigenvalue weighted by molar-refractivity contribution is 7.92. The Morgan fingerprint density at radius 2 is 2.18 bits per heavy atom. The molecule has 2 N–H and O–H groups in total. The second-order valence-corrected chi connectivity index (χ2v) is 9.52. The van der Waals surface area contributed by atoms with Gasteiger partial charge in [-0.15, -0.1) is 5.10 Å². The Morgan fingerprint density at radius 3 is 2.91 bits per heavy atom. The highest BCUT2D eigenvalue weighted by atomic mass is 32.2. The van der Waals surface area contributed by atoms with Gasteiger partial charge in [-0.1, -0.05) is 6.92 Å². The standard InChI is InChI=1S/C21H22F2N4O5S/c1-2-7-33(29,30)27-16-4-3-15(22)18(19(16)23)17(28)9-12-8-14-20(24-10-12)25-26-21(14)32-13-5-6-31-11-13/h3-4,8,10,13,27H,2,5-7,9,11H2,1H3,(H,24,25,26). The number of aromatic amines is 1. The van der Waals surface area contributed by atoms with Gasteiger partial charge >= 0.3 is 0 Å². The number of benzene rings is 1. The smallest absolute Gasteiger partial charge is 0.242 e. The van der Waals surface area contributed by atoms with Gasteiger partial charge in [0.15, 0.2) is 17.2 Å². The highest BCUT2D eigenvalue weighted by Crippen LogP contribution is 2.27. The van der Waals surface area contributed by atoms with Crippen LogP contribution in [0.3, 0.4) is 0 Å². The lowest BCUT2D eigenvalue weighted by Gasteiger charge is -2.12. The normalized spacial score (nSPS) is 16.3. The third-order valence-corrected chi connectivity index (χ3v) is 6.55. The summed E-state index contributed by atoms with van der Waals surface area (Å²) in [5.74, 6) is -3.15. The first kappa shape index (κ1) is 23.1. The number of fused-ring (bicyclic) bond motifs is 1.